The van der Waals surface area contributed by atoms with Gasteiger partial charge >= 0.3 is 5.97 Å². The van der Waals surface area contributed by atoms with Gasteiger partial charge in [-0.15, -0.1) is 0 Å². The fourth-order valence-electron chi connectivity index (χ4n) is 1.82. The van der Waals surface area contributed by atoms with E-state index in [4.69, 9.17) is 4.74 Å². The van der Waals surface area contributed by atoms with Gasteiger partial charge < -0.3 is 14.6 Å². The highest BCUT2D eigenvalue weighted by Crippen LogP contribution is 2.25. The first-order chi connectivity index (χ1) is 9.66. The molecule has 0 saturated carbocycles. The Labute approximate surface area is 117 Å². The molecule has 0 fully saturated rings. The predicted octanol–water partition coefficient (Wildman–Crippen LogP) is 2.22. The molecule has 0 radical (unpaired) electrons. The molecule has 0 amide bonds. The summed E-state index contributed by atoms with van der Waals surface area (Å²) in [6.45, 7) is 0.0985. The van der Waals surface area contributed by atoms with Crippen LogP contribution in [0.3, 0.4) is 0 Å². The molecule has 4 nitrogen and oxygen atoms in total. The third-order valence-corrected chi connectivity index (χ3v) is 2.92. The van der Waals surface area contributed by atoms with E-state index in [2.05, 4.69) is 4.74 Å². The van der Waals surface area contributed by atoms with E-state index in [1.807, 2.05) is 30.3 Å². The van der Waals surface area contributed by atoms with Crippen molar-refractivity contribution < 1.29 is 19.4 Å². The summed E-state index contributed by atoms with van der Waals surface area (Å²) in [6, 6.07) is 17.8. The molecule has 0 aliphatic heterocycles. The minimum absolute atomic E-state index is 0.0985. The summed E-state index contributed by atoms with van der Waals surface area (Å²) in [5.41, 5.74) is 1.19. The highest BCUT2D eigenvalue weighted by Gasteiger charge is 2.40. The molecular formula is C16H16O4. The molecule has 0 aliphatic carbocycles. The number of hydrogen-bond donors (Lipinski definition) is 1. The minimum atomic E-state index is -2.11. The van der Waals surface area contributed by atoms with Crippen LogP contribution in [-0.2, 0) is 26.7 Å². The third kappa shape index (κ3) is 3.04. The summed E-state index contributed by atoms with van der Waals surface area (Å²) < 4.78 is 10.1. The van der Waals surface area contributed by atoms with Gasteiger partial charge in [-0.2, -0.15) is 0 Å². The van der Waals surface area contributed by atoms with E-state index in [0.29, 0.717) is 5.56 Å². The molecule has 104 valence electrons. The van der Waals surface area contributed by atoms with Crippen molar-refractivity contribution in [2.24, 2.45) is 0 Å². The van der Waals surface area contributed by atoms with Crippen LogP contribution in [0.25, 0.3) is 0 Å². The maximum Gasteiger partial charge on any atom is 0.371 e. The average molecular weight is 272 g/mol. The van der Waals surface area contributed by atoms with Crippen molar-refractivity contribution in [3.63, 3.8) is 0 Å². The minimum Gasteiger partial charge on any atom is -0.465 e. The van der Waals surface area contributed by atoms with Crippen LogP contribution in [0.5, 0.6) is 0 Å². The van der Waals surface area contributed by atoms with E-state index >= 15 is 0 Å². The van der Waals surface area contributed by atoms with Crippen LogP contribution < -0.4 is 0 Å². The number of carbonyl (C=O) groups is 1. The van der Waals surface area contributed by atoms with Crippen LogP contribution in [0.4, 0.5) is 0 Å². The molecule has 4 heteroatoms. The van der Waals surface area contributed by atoms with Gasteiger partial charge in [0.05, 0.1) is 13.7 Å². The van der Waals surface area contributed by atoms with Crippen LogP contribution in [-0.4, -0.2) is 18.2 Å². The molecule has 0 aromatic heterocycles. The zero-order chi connectivity index (χ0) is 14.4. The maximum absolute atomic E-state index is 11.9. The Morgan fingerprint density at radius 3 is 2.15 bits per heavy atom. The Balaban J connectivity index is 2.22. The molecule has 1 atom stereocenters. The second-order valence-electron chi connectivity index (χ2n) is 4.28. The van der Waals surface area contributed by atoms with E-state index in [-0.39, 0.29) is 6.61 Å². The van der Waals surface area contributed by atoms with Crippen LogP contribution in [0.1, 0.15) is 11.1 Å². The number of rotatable bonds is 5. The van der Waals surface area contributed by atoms with Crippen molar-refractivity contribution in [2.75, 3.05) is 7.11 Å². The van der Waals surface area contributed by atoms with E-state index in [9.17, 15) is 9.90 Å². The molecule has 1 N–H and O–H groups in total. The molecule has 0 aliphatic rings. The second kappa shape index (κ2) is 6.32. The SMILES string of the molecule is COC(=O)C(O)(OCc1ccccc1)c1ccccc1. The van der Waals surface area contributed by atoms with Crippen LogP contribution in [0.15, 0.2) is 60.7 Å². The number of aliphatic hydroxyl groups is 1. The molecule has 2 rings (SSSR count). The first kappa shape index (κ1) is 14.2. The topological polar surface area (TPSA) is 55.8 Å². The lowest BCUT2D eigenvalue weighted by molar-refractivity contribution is -0.236. The highest BCUT2D eigenvalue weighted by atomic mass is 16.7. The van der Waals surface area contributed by atoms with Crippen molar-refractivity contribution in [2.45, 2.75) is 12.4 Å². The number of hydrogen-bond acceptors (Lipinski definition) is 4. The summed E-state index contributed by atoms with van der Waals surface area (Å²) in [5.74, 6) is -2.95. The monoisotopic (exact) mass is 272 g/mol. The lowest BCUT2D eigenvalue weighted by atomic mass is 10.1. The summed E-state index contributed by atoms with van der Waals surface area (Å²) in [6.07, 6.45) is 0. The van der Waals surface area contributed by atoms with Crippen molar-refractivity contribution in [1.82, 2.24) is 0 Å². The fourth-order valence-corrected chi connectivity index (χ4v) is 1.82. The van der Waals surface area contributed by atoms with Gasteiger partial charge in [0.15, 0.2) is 0 Å². The normalized spacial score (nSPS) is 13.5. The van der Waals surface area contributed by atoms with Crippen molar-refractivity contribution in [3.05, 3.63) is 71.8 Å². The number of benzene rings is 2. The molecule has 2 aromatic carbocycles. The Morgan fingerprint density at radius 2 is 1.60 bits per heavy atom. The summed E-state index contributed by atoms with van der Waals surface area (Å²) in [4.78, 5) is 11.9. The largest absolute Gasteiger partial charge is 0.465 e. The Bertz CT molecular complexity index is 553. The lowest BCUT2D eigenvalue weighted by Crippen LogP contribution is -2.39. The van der Waals surface area contributed by atoms with E-state index < -0.39 is 11.8 Å². The fraction of sp³-hybridized carbons (Fsp3) is 0.188. The van der Waals surface area contributed by atoms with Gasteiger partial charge in [-0.25, -0.2) is 4.79 Å². The Morgan fingerprint density at radius 1 is 1.05 bits per heavy atom. The van der Waals surface area contributed by atoms with E-state index in [1.165, 1.54) is 7.11 Å². The van der Waals surface area contributed by atoms with Gasteiger partial charge in [0.25, 0.3) is 5.79 Å². The van der Waals surface area contributed by atoms with Gasteiger partial charge in [-0.3, -0.25) is 0 Å². The molecule has 1 unspecified atom stereocenters. The first-order valence-corrected chi connectivity index (χ1v) is 6.21. The molecule has 0 heterocycles. The van der Waals surface area contributed by atoms with Crippen LogP contribution in [0, 0.1) is 0 Å². The number of ether oxygens (including phenoxy) is 2. The number of esters is 1. The first-order valence-electron chi connectivity index (χ1n) is 6.21. The van der Waals surface area contributed by atoms with Gasteiger partial charge in [-0.1, -0.05) is 60.7 Å². The standard InChI is InChI=1S/C16H16O4/c1-19-15(17)16(18,14-10-6-3-7-11-14)20-12-13-8-4-2-5-9-13/h2-11,18H,12H2,1H3. The molecule has 0 saturated heterocycles. The molecule has 0 spiro atoms. The second-order valence-corrected chi connectivity index (χ2v) is 4.28. The highest BCUT2D eigenvalue weighted by molar-refractivity contribution is 5.79. The quantitative estimate of drug-likeness (QED) is 0.670. The summed E-state index contributed by atoms with van der Waals surface area (Å²) in [5, 5.41) is 10.5. The summed E-state index contributed by atoms with van der Waals surface area (Å²) in [7, 11) is 1.21. The van der Waals surface area contributed by atoms with E-state index in [1.54, 1.807) is 30.3 Å². The smallest absolute Gasteiger partial charge is 0.371 e. The van der Waals surface area contributed by atoms with Gasteiger partial charge in [-0.05, 0) is 5.56 Å². The van der Waals surface area contributed by atoms with Crippen LogP contribution in [0.2, 0.25) is 0 Å². The number of methoxy groups -OCH3 is 1. The average Bonchev–Trinajstić information content (AvgIpc) is 2.53. The van der Waals surface area contributed by atoms with Crippen molar-refractivity contribution in [3.8, 4) is 0 Å². The Kier molecular flexibility index (Phi) is 4.50. The zero-order valence-corrected chi connectivity index (χ0v) is 11.2. The molecule has 20 heavy (non-hydrogen) atoms. The van der Waals surface area contributed by atoms with Crippen LogP contribution >= 0.6 is 0 Å². The molecular weight excluding hydrogens is 256 g/mol. The third-order valence-electron chi connectivity index (χ3n) is 2.92. The van der Waals surface area contributed by atoms with Gasteiger partial charge in [0, 0.05) is 5.56 Å². The summed E-state index contributed by atoms with van der Waals surface area (Å²) >= 11 is 0. The lowest BCUT2D eigenvalue weighted by Gasteiger charge is -2.25. The van der Waals surface area contributed by atoms with Crippen molar-refractivity contribution in [1.29, 1.82) is 0 Å². The maximum atomic E-state index is 11.9. The number of carbonyl (C=O) groups excluding carboxylic acids is 1. The molecule has 0 bridgehead atoms. The van der Waals surface area contributed by atoms with E-state index in [0.717, 1.165) is 5.56 Å². The van der Waals surface area contributed by atoms with Gasteiger partial charge in [0.2, 0.25) is 0 Å². The van der Waals surface area contributed by atoms with Gasteiger partial charge in [0.1, 0.15) is 0 Å². The zero-order valence-electron chi connectivity index (χ0n) is 11.2. The predicted molar refractivity (Wildman–Crippen MR) is 73.6 cm³/mol. The Hall–Kier alpha value is -2.17. The molecule has 2 aromatic rings. The van der Waals surface area contributed by atoms with Crippen molar-refractivity contribution >= 4 is 5.97 Å².